The molecule has 0 unspecified atom stereocenters. The fourth-order valence-electron chi connectivity index (χ4n) is 6.19. The van der Waals surface area contributed by atoms with Crippen LogP contribution in [-0.2, 0) is 26.2 Å². The van der Waals surface area contributed by atoms with Crippen LogP contribution < -0.4 is 0 Å². The van der Waals surface area contributed by atoms with E-state index in [-0.39, 0.29) is 5.91 Å². The number of hydrogen-bond donors (Lipinski definition) is 2. The molecule has 1 aromatic carbocycles. The molecule has 0 saturated carbocycles. The summed E-state index contributed by atoms with van der Waals surface area (Å²) in [6.45, 7) is 7.60. The maximum absolute atomic E-state index is 13.4. The number of rotatable bonds is 9. The van der Waals surface area contributed by atoms with Crippen molar-refractivity contribution in [3.8, 4) is 0 Å². The summed E-state index contributed by atoms with van der Waals surface area (Å²) < 4.78 is 0. The summed E-state index contributed by atoms with van der Waals surface area (Å²) >= 11 is 1.88. The van der Waals surface area contributed by atoms with Gasteiger partial charge in [0.25, 0.3) is 5.91 Å². The topological polar surface area (TPSA) is 84.2 Å². The van der Waals surface area contributed by atoms with Gasteiger partial charge < -0.3 is 14.9 Å². The fourth-order valence-corrected chi connectivity index (χ4v) is 6.93. The van der Waals surface area contributed by atoms with Gasteiger partial charge >= 0.3 is 0 Å². The molecule has 6 rings (SSSR count). The summed E-state index contributed by atoms with van der Waals surface area (Å²) in [6.07, 6.45) is 12.2. The second kappa shape index (κ2) is 11.9. The van der Waals surface area contributed by atoms with E-state index in [1.807, 2.05) is 23.5 Å². The zero-order valence-corrected chi connectivity index (χ0v) is 23.2. The van der Waals surface area contributed by atoms with Crippen LogP contribution in [0.15, 0.2) is 66.6 Å². The molecule has 2 N–H and O–H groups in total. The zero-order chi connectivity index (χ0) is 26.5. The molecule has 2 saturated heterocycles. The number of nitrogens with one attached hydrogen (secondary N) is 2. The lowest BCUT2D eigenvalue weighted by atomic mass is 9.72. The Bertz CT molecular complexity index is 1260. The fraction of sp³-hybridized carbons (Fsp3) is 0.433. The molecule has 3 aromatic heterocycles. The van der Waals surface area contributed by atoms with Crippen molar-refractivity contribution in [3.63, 3.8) is 0 Å². The highest BCUT2D eigenvalue weighted by Gasteiger charge is 2.38. The van der Waals surface area contributed by atoms with Gasteiger partial charge in [0.15, 0.2) is 0 Å². The predicted molar refractivity (Wildman–Crippen MR) is 153 cm³/mol. The molecule has 0 atom stereocenters. The van der Waals surface area contributed by atoms with Crippen molar-refractivity contribution in [3.05, 3.63) is 94.2 Å². The van der Waals surface area contributed by atoms with E-state index in [1.165, 1.54) is 49.2 Å². The van der Waals surface area contributed by atoms with Gasteiger partial charge in [-0.3, -0.25) is 14.6 Å². The Labute approximate surface area is 234 Å². The summed E-state index contributed by atoms with van der Waals surface area (Å²) in [4.78, 5) is 36.7. The van der Waals surface area contributed by atoms with Crippen molar-refractivity contribution >= 4 is 17.2 Å². The van der Waals surface area contributed by atoms with Crippen LogP contribution in [0.4, 0.5) is 0 Å². The first kappa shape index (κ1) is 26.0. The lowest BCUT2D eigenvalue weighted by Gasteiger charge is -2.47. The van der Waals surface area contributed by atoms with E-state index in [1.54, 1.807) is 29.7 Å². The molecule has 2 aliphatic heterocycles. The number of carbonyl (C=O) groups excluding carboxylic acids is 1. The quantitative estimate of drug-likeness (QED) is 0.313. The highest BCUT2D eigenvalue weighted by molar-refractivity contribution is 7.09. The first-order chi connectivity index (χ1) is 19.1. The predicted octanol–water partition coefficient (Wildman–Crippen LogP) is 4.92. The van der Waals surface area contributed by atoms with Crippen molar-refractivity contribution < 1.29 is 4.79 Å². The maximum atomic E-state index is 13.4. The second-order valence-electron chi connectivity index (χ2n) is 11.1. The standard InChI is InChI=1S/C30H37N7OS/c38-29(37(21-27-31-11-12-32-27)22-28-33-13-14-34-28)25-6-4-24(5-7-25)19-35-16-9-30(10-17-35)8-2-15-36(23-30)20-26-3-1-18-39-26/h1,3-7,11-14,18H,2,8-10,15-17,19-23H2,(H,31,32)(H,33,34). The first-order valence-corrected chi connectivity index (χ1v) is 14.8. The minimum absolute atomic E-state index is 0.0290. The zero-order valence-electron chi connectivity index (χ0n) is 22.4. The Kier molecular flexibility index (Phi) is 7.90. The molecule has 1 spiro atoms. The first-order valence-electron chi connectivity index (χ1n) is 14.0. The number of amides is 1. The van der Waals surface area contributed by atoms with Gasteiger partial charge in [0.05, 0.1) is 13.1 Å². The molecule has 8 nitrogen and oxygen atoms in total. The number of H-pyrrole nitrogens is 2. The van der Waals surface area contributed by atoms with Crippen LogP contribution in [0.2, 0.25) is 0 Å². The number of nitrogens with zero attached hydrogens (tertiary/aromatic N) is 5. The van der Waals surface area contributed by atoms with Crippen molar-refractivity contribution in [1.29, 1.82) is 0 Å². The van der Waals surface area contributed by atoms with Gasteiger partial charge in [-0.2, -0.15) is 0 Å². The number of piperidine rings is 2. The number of carbonyl (C=O) groups is 1. The average Bonchev–Trinajstić information content (AvgIpc) is 3.75. The van der Waals surface area contributed by atoms with E-state index in [0.717, 1.165) is 37.8 Å². The third kappa shape index (κ3) is 6.49. The Balaban J connectivity index is 1.04. The summed E-state index contributed by atoms with van der Waals surface area (Å²) in [5.74, 6) is 1.47. The SMILES string of the molecule is O=C(c1ccc(CN2CCC3(CCCN(Cc4cccs4)C3)CC2)cc1)N(Cc1ncc[nH]1)Cc1ncc[nH]1. The van der Waals surface area contributed by atoms with Crippen LogP contribution in [0.3, 0.4) is 0 Å². The van der Waals surface area contributed by atoms with Gasteiger partial charge in [0.1, 0.15) is 11.6 Å². The Morgan fingerprint density at radius 1 is 0.897 bits per heavy atom. The Hall–Kier alpha value is -3.27. The molecule has 39 heavy (non-hydrogen) atoms. The second-order valence-corrected chi connectivity index (χ2v) is 12.1. The Morgan fingerprint density at radius 2 is 1.62 bits per heavy atom. The molecule has 204 valence electrons. The molecule has 0 aliphatic carbocycles. The van der Waals surface area contributed by atoms with Crippen LogP contribution in [0.5, 0.6) is 0 Å². The van der Waals surface area contributed by atoms with E-state index >= 15 is 0 Å². The summed E-state index contributed by atoms with van der Waals surface area (Å²) in [6, 6.07) is 12.6. The largest absolute Gasteiger partial charge is 0.347 e. The van der Waals surface area contributed by atoms with E-state index < -0.39 is 0 Å². The monoisotopic (exact) mass is 543 g/mol. The Morgan fingerprint density at radius 3 is 2.23 bits per heavy atom. The number of aromatic nitrogens is 4. The summed E-state index contributed by atoms with van der Waals surface area (Å²) in [5, 5.41) is 2.19. The number of imidazole rings is 2. The van der Waals surface area contributed by atoms with Gasteiger partial charge in [-0.1, -0.05) is 18.2 Å². The van der Waals surface area contributed by atoms with Crippen molar-refractivity contribution in [2.75, 3.05) is 26.2 Å². The van der Waals surface area contributed by atoms with Crippen LogP contribution in [0.1, 0.15) is 58.1 Å². The normalized spacial score (nSPS) is 17.9. The molecular formula is C30H37N7OS. The number of aromatic amines is 2. The summed E-state index contributed by atoms with van der Waals surface area (Å²) in [5.41, 5.74) is 2.42. The molecular weight excluding hydrogens is 506 g/mol. The third-order valence-electron chi connectivity index (χ3n) is 8.30. The lowest BCUT2D eigenvalue weighted by molar-refractivity contribution is 0.0189. The van der Waals surface area contributed by atoms with Crippen molar-refractivity contribution in [2.45, 2.75) is 51.9 Å². The highest BCUT2D eigenvalue weighted by atomic mass is 32.1. The third-order valence-corrected chi connectivity index (χ3v) is 9.16. The molecule has 4 aromatic rings. The van der Waals surface area contributed by atoms with Crippen LogP contribution >= 0.6 is 11.3 Å². The van der Waals surface area contributed by atoms with E-state index in [9.17, 15) is 4.79 Å². The smallest absolute Gasteiger partial charge is 0.254 e. The number of hydrogen-bond acceptors (Lipinski definition) is 6. The average molecular weight is 544 g/mol. The molecule has 1 amide bonds. The number of benzene rings is 1. The lowest BCUT2D eigenvalue weighted by Crippen LogP contribution is -2.49. The van der Waals surface area contributed by atoms with Gasteiger partial charge in [0.2, 0.25) is 0 Å². The number of likely N-dealkylation sites (tertiary alicyclic amines) is 2. The maximum Gasteiger partial charge on any atom is 0.254 e. The van der Waals surface area contributed by atoms with Crippen LogP contribution in [0.25, 0.3) is 0 Å². The highest BCUT2D eigenvalue weighted by Crippen LogP contribution is 2.40. The molecule has 9 heteroatoms. The summed E-state index contributed by atoms with van der Waals surface area (Å²) in [7, 11) is 0. The number of thiophene rings is 1. The van der Waals surface area contributed by atoms with Crippen molar-refractivity contribution in [1.82, 2.24) is 34.6 Å². The molecule has 0 radical (unpaired) electrons. The molecule has 2 fully saturated rings. The minimum atomic E-state index is -0.0290. The van der Waals surface area contributed by atoms with Gasteiger partial charge in [-0.05, 0) is 79.9 Å². The van der Waals surface area contributed by atoms with E-state index in [4.69, 9.17) is 0 Å². The van der Waals surface area contributed by atoms with Gasteiger partial charge in [0, 0.05) is 54.9 Å². The van der Waals surface area contributed by atoms with Crippen LogP contribution in [-0.4, -0.2) is 66.7 Å². The van der Waals surface area contributed by atoms with Gasteiger partial charge in [-0.25, -0.2) is 9.97 Å². The van der Waals surface area contributed by atoms with Gasteiger partial charge in [-0.15, -0.1) is 11.3 Å². The minimum Gasteiger partial charge on any atom is -0.347 e. The molecule has 0 bridgehead atoms. The van der Waals surface area contributed by atoms with Crippen molar-refractivity contribution in [2.24, 2.45) is 5.41 Å². The molecule has 2 aliphatic rings. The van der Waals surface area contributed by atoms with Crippen LogP contribution in [0, 0.1) is 5.41 Å². The van der Waals surface area contributed by atoms with E-state index in [0.29, 0.717) is 24.1 Å². The van der Waals surface area contributed by atoms with E-state index in [2.05, 4.69) is 59.4 Å². The molecule has 5 heterocycles.